The fraction of sp³-hybridized carbons (Fsp3) is 0.417. The van der Waals surface area contributed by atoms with Gasteiger partial charge in [-0.1, -0.05) is 0 Å². The van der Waals surface area contributed by atoms with Gasteiger partial charge in [0.05, 0.1) is 0 Å². The molecule has 0 aliphatic carbocycles. The van der Waals surface area contributed by atoms with E-state index in [1.165, 1.54) is 0 Å². The minimum Gasteiger partial charge on any atom is -0.484 e. The van der Waals surface area contributed by atoms with E-state index in [1.54, 1.807) is 30.5 Å². The van der Waals surface area contributed by atoms with E-state index in [-0.39, 0.29) is 18.6 Å². The van der Waals surface area contributed by atoms with Crippen LogP contribution < -0.4 is 15.8 Å². The van der Waals surface area contributed by atoms with Crippen LogP contribution in [0.25, 0.3) is 0 Å². The second-order valence-corrected chi connectivity index (χ2v) is 5.55. The predicted octanol–water partition coefficient (Wildman–Crippen LogP) is 0.531. The Morgan fingerprint density at radius 1 is 1.44 bits per heavy atom. The van der Waals surface area contributed by atoms with Crippen LogP contribution in [0.5, 0.6) is 5.75 Å². The Bertz CT molecular complexity index is 420. The molecule has 0 saturated heterocycles. The van der Waals surface area contributed by atoms with E-state index >= 15 is 0 Å². The van der Waals surface area contributed by atoms with Crippen molar-refractivity contribution in [2.75, 3.05) is 24.3 Å². The van der Waals surface area contributed by atoms with Gasteiger partial charge in [-0.25, -0.2) is 0 Å². The van der Waals surface area contributed by atoms with Crippen molar-refractivity contribution in [3.63, 3.8) is 0 Å². The minimum absolute atomic E-state index is 0.0649. The molecule has 0 bridgehead atoms. The zero-order chi connectivity index (χ0) is 13.5. The van der Waals surface area contributed by atoms with E-state index in [0.29, 0.717) is 17.2 Å². The van der Waals surface area contributed by atoms with Crippen LogP contribution >= 0.6 is 0 Å². The predicted molar refractivity (Wildman–Crippen MR) is 72.9 cm³/mol. The number of nitrogens with one attached hydrogen (secondary N) is 1. The first-order valence-electron chi connectivity index (χ1n) is 5.55. The van der Waals surface area contributed by atoms with E-state index < -0.39 is 10.8 Å². The van der Waals surface area contributed by atoms with Gasteiger partial charge < -0.3 is 15.8 Å². The average molecular weight is 270 g/mol. The summed E-state index contributed by atoms with van der Waals surface area (Å²) in [6, 6.07) is 6.69. The van der Waals surface area contributed by atoms with Crippen LogP contribution in [-0.4, -0.2) is 34.8 Å². The average Bonchev–Trinajstić information content (AvgIpc) is 2.27. The summed E-state index contributed by atoms with van der Waals surface area (Å²) in [5.41, 5.74) is 6.18. The number of carbonyl (C=O) groups excluding carboxylic acids is 1. The van der Waals surface area contributed by atoms with Gasteiger partial charge in [0.15, 0.2) is 6.61 Å². The highest BCUT2D eigenvalue weighted by molar-refractivity contribution is 7.84. The molecule has 1 rings (SSSR count). The molecular formula is C12H18N2O3S. The molecule has 0 aliphatic rings. The second kappa shape index (κ2) is 7.00. The number of carbonyl (C=O) groups is 1. The Labute approximate surface area is 109 Å². The summed E-state index contributed by atoms with van der Waals surface area (Å²) < 4.78 is 16.2. The summed E-state index contributed by atoms with van der Waals surface area (Å²) in [7, 11) is -0.924. The first-order valence-corrected chi connectivity index (χ1v) is 7.28. The van der Waals surface area contributed by atoms with E-state index in [0.717, 1.165) is 0 Å². The fourth-order valence-electron chi connectivity index (χ4n) is 1.42. The molecule has 6 heteroatoms. The molecule has 5 nitrogen and oxygen atoms in total. The van der Waals surface area contributed by atoms with Crippen LogP contribution in [0.15, 0.2) is 24.3 Å². The Kier molecular flexibility index (Phi) is 5.64. The van der Waals surface area contributed by atoms with Gasteiger partial charge >= 0.3 is 0 Å². The van der Waals surface area contributed by atoms with E-state index in [9.17, 15) is 9.00 Å². The Balaban J connectivity index is 2.32. The van der Waals surface area contributed by atoms with Gasteiger partial charge in [-0.3, -0.25) is 9.00 Å². The summed E-state index contributed by atoms with van der Waals surface area (Å²) in [5, 5.41) is 2.71. The third-order valence-electron chi connectivity index (χ3n) is 2.14. The van der Waals surface area contributed by atoms with Gasteiger partial charge in [-0.05, 0) is 31.2 Å². The number of hydrogen-bond donors (Lipinski definition) is 2. The summed E-state index contributed by atoms with van der Waals surface area (Å²) in [4.78, 5) is 11.5. The molecule has 0 saturated carbocycles. The summed E-state index contributed by atoms with van der Waals surface area (Å²) in [6.07, 6.45) is 1.60. The maximum Gasteiger partial charge on any atom is 0.258 e. The standard InChI is InChI=1S/C12H18N2O3S/c1-9(8-18(2)16)14-12(15)7-17-11-5-3-10(13)4-6-11/h3-6,9H,7-8,13H2,1-2H3,(H,14,15). The molecular weight excluding hydrogens is 252 g/mol. The van der Waals surface area contributed by atoms with Crippen LogP contribution in [0.4, 0.5) is 5.69 Å². The molecule has 0 aliphatic heterocycles. The Morgan fingerprint density at radius 2 is 2.06 bits per heavy atom. The van der Waals surface area contributed by atoms with Gasteiger partial charge in [0.1, 0.15) is 5.75 Å². The van der Waals surface area contributed by atoms with Crippen molar-refractivity contribution in [2.45, 2.75) is 13.0 Å². The number of benzene rings is 1. The largest absolute Gasteiger partial charge is 0.484 e. The van der Waals surface area contributed by atoms with Crippen LogP contribution in [0.1, 0.15) is 6.92 Å². The van der Waals surface area contributed by atoms with Gasteiger partial charge in [0.25, 0.3) is 5.91 Å². The van der Waals surface area contributed by atoms with Crippen molar-refractivity contribution in [3.8, 4) is 5.75 Å². The van der Waals surface area contributed by atoms with Gasteiger partial charge in [0.2, 0.25) is 0 Å². The molecule has 100 valence electrons. The number of nitrogens with two attached hydrogens (primary N) is 1. The first kappa shape index (κ1) is 14.5. The van der Waals surface area contributed by atoms with Crippen molar-refractivity contribution in [1.29, 1.82) is 0 Å². The number of ether oxygens (including phenoxy) is 1. The summed E-state index contributed by atoms with van der Waals surface area (Å²) in [6.45, 7) is 1.74. The highest BCUT2D eigenvalue weighted by atomic mass is 32.2. The van der Waals surface area contributed by atoms with Crippen LogP contribution in [-0.2, 0) is 15.6 Å². The third kappa shape index (κ3) is 5.67. The van der Waals surface area contributed by atoms with Crippen molar-refractivity contribution in [3.05, 3.63) is 24.3 Å². The van der Waals surface area contributed by atoms with E-state index in [4.69, 9.17) is 10.5 Å². The SMILES string of the molecule is CC(CS(C)=O)NC(=O)COc1ccc(N)cc1. The molecule has 1 aromatic rings. The van der Waals surface area contributed by atoms with Gasteiger partial charge in [0, 0.05) is 34.5 Å². The lowest BCUT2D eigenvalue weighted by Gasteiger charge is -2.12. The lowest BCUT2D eigenvalue weighted by molar-refractivity contribution is -0.123. The molecule has 2 atom stereocenters. The highest BCUT2D eigenvalue weighted by Crippen LogP contribution is 2.12. The number of rotatable bonds is 6. The zero-order valence-electron chi connectivity index (χ0n) is 10.5. The van der Waals surface area contributed by atoms with Crippen LogP contribution in [0.3, 0.4) is 0 Å². The van der Waals surface area contributed by atoms with Crippen molar-refractivity contribution >= 4 is 22.4 Å². The maximum absolute atomic E-state index is 11.5. The topological polar surface area (TPSA) is 81.4 Å². The smallest absolute Gasteiger partial charge is 0.258 e. The molecule has 1 amide bonds. The molecule has 0 radical (unpaired) electrons. The highest BCUT2D eigenvalue weighted by Gasteiger charge is 2.09. The third-order valence-corrected chi connectivity index (χ3v) is 3.11. The zero-order valence-corrected chi connectivity index (χ0v) is 11.3. The first-order chi connectivity index (χ1) is 8.47. The summed E-state index contributed by atoms with van der Waals surface area (Å²) >= 11 is 0. The maximum atomic E-state index is 11.5. The molecule has 18 heavy (non-hydrogen) atoms. The fourth-order valence-corrected chi connectivity index (χ4v) is 2.21. The number of nitrogen functional groups attached to an aromatic ring is 1. The normalized spacial score (nSPS) is 13.7. The lowest BCUT2D eigenvalue weighted by Crippen LogP contribution is -2.39. The molecule has 0 spiro atoms. The number of amides is 1. The van der Waals surface area contributed by atoms with E-state index in [2.05, 4.69) is 5.32 Å². The molecule has 0 aromatic heterocycles. The molecule has 3 N–H and O–H groups in total. The number of hydrogen-bond acceptors (Lipinski definition) is 4. The van der Waals surface area contributed by atoms with Crippen LogP contribution in [0, 0.1) is 0 Å². The Hall–Kier alpha value is -1.56. The molecule has 0 heterocycles. The lowest BCUT2D eigenvalue weighted by atomic mass is 10.3. The van der Waals surface area contributed by atoms with Gasteiger partial charge in [-0.15, -0.1) is 0 Å². The quantitative estimate of drug-likeness (QED) is 0.739. The minimum atomic E-state index is -0.924. The van der Waals surface area contributed by atoms with E-state index in [1.807, 2.05) is 6.92 Å². The van der Waals surface area contributed by atoms with Crippen molar-refractivity contribution < 1.29 is 13.7 Å². The second-order valence-electron chi connectivity index (χ2n) is 4.07. The number of anilines is 1. The van der Waals surface area contributed by atoms with Crippen molar-refractivity contribution in [2.24, 2.45) is 0 Å². The van der Waals surface area contributed by atoms with Crippen LogP contribution in [0.2, 0.25) is 0 Å². The van der Waals surface area contributed by atoms with Gasteiger partial charge in [-0.2, -0.15) is 0 Å². The summed E-state index contributed by atoms with van der Waals surface area (Å²) in [5.74, 6) is 0.795. The molecule has 0 fully saturated rings. The Morgan fingerprint density at radius 3 is 2.61 bits per heavy atom. The van der Waals surface area contributed by atoms with Crippen molar-refractivity contribution in [1.82, 2.24) is 5.32 Å². The monoisotopic (exact) mass is 270 g/mol. The molecule has 2 unspecified atom stereocenters. The molecule has 1 aromatic carbocycles.